The molecule has 174 valence electrons. The Morgan fingerprint density at radius 1 is 1.00 bits per heavy atom. The molecule has 2 aliphatic heterocycles. The smallest absolute Gasteiger partial charge is 0.272 e. The van der Waals surface area contributed by atoms with Crippen LogP contribution in [0.4, 0.5) is 0 Å². The molecule has 3 aliphatic rings. The third kappa shape index (κ3) is 4.65. The summed E-state index contributed by atoms with van der Waals surface area (Å²) < 4.78 is 0. The van der Waals surface area contributed by atoms with Crippen LogP contribution in [0.25, 0.3) is 5.70 Å². The van der Waals surface area contributed by atoms with Crippen LogP contribution in [0.1, 0.15) is 43.7 Å². The normalized spacial score (nSPS) is 25.8. The van der Waals surface area contributed by atoms with Crippen molar-refractivity contribution in [2.45, 2.75) is 51.1 Å². The van der Waals surface area contributed by atoms with Crippen molar-refractivity contribution < 1.29 is 4.79 Å². The van der Waals surface area contributed by atoms with E-state index in [0.717, 1.165) is 49.7 Å². The Bertz CT molecular complexity index is 974. The zero-order chi connectivity index (χ0) is 22.6. The molecule has 2 heterocycles. The van der Waals surface area contributed by atoms with Crippen molar-refractivity contribution >= 4 is 11.6 Å². The van der Waals surface area contributed by atoms with Crippen molar-refractivity contribution in [3.63, 3.8) is 0 Å². The Balaban J connectivity index is 1.47. The Labute approximate surface area is 197 Å². The molecule has 5 nitrogen and oxygen atoms in total. The molecule has 2 aromatic rings. The van der Waals surface area contributed by atoms with Gasteiger partial charge in [-0.2, -0.15) is 0 Å². The van der Waals surface area contributed by atoms with Gasteiger partial charge in [-0.15, -0.1) is 0 Å². The van der Waals surface area contributed by atoms with Crippen LogP contribution >= 0.6 is 0 Å². The number of hydrogen-bond acceptors (Lipinski definition) is 4. The molecular formula is C28H36N4O. The van der Waals surface area contributed by atoms with Crippen molar-refractivity contribution in [2.75, 3.05) is 26.3 Å². The second-order valence-electron chi connectivity index (χ2n) is 9.77. The molecule has 2 N–H and O–H groups in total. The standard InChI is InChI=1S/C28H36N4O/c1-21-10-8-9-15-25(21)32-20-30-26(27(32)23-13-6-3-7-14-23)28(33)31-17-16-29-19-24(31)18-22-11-4-2-5-12-22/h2-7,11-14,21,24-25,29-30H,8-10,15-20H2,1H3/t21?,24-,25-/m1/s1. The highest BCUT2D eigenvalue weighted by molar-refractivity contribution is 6.01. The predicted octanol–water partition coefficient (Wildman–Crippen LogP) is 3.84. The first-order chi connectivity index (χ1) is 16.2. The summed E-state index contributed by atoms with van der Waals surface area (Å²) in [7, 11) is 0. The number of hydrogen-bond donors (Lipinski definition) is 2. The maximum Gasteiger partial charge on any atom is 0.272 e. The van der Waals surface area contributed by atoms with Crippen molar-refractivity contribution in [2.24, 2.45) is 5.92 Å². The minimum Gasteiger partial charge on any atom is -0.362 e. The van der Waals surface area contributed by atoms with Crippen LogP contribution in [0, 0.1) is 5.92 Å². The topological polar surface area (TPSA) is 47.6 Å². The van der Waals surface area contributed by atoms with Crippen LogP contribution in [0.15, 0.2) is 66.4 Å². The molecule has 1 amide bonds. The van der Waals surface area contributed by atoms with E-state index < -0.39 is 0 Å². The van der Waals surface area contributed by atoms with E-state index in [4.69, 9.17) is 0 Å². The Morgan fingerprint density at radius 3 is 2.48 bits per heavy atom. The first kappa shape index (κ1) is 22.0. The van der Waals surface area contributed by atoms with Crippen molar-refractivity contribution in [1.82, 2.24) is 20.4 Å². The molecule has 1 unspecified atom stereocenters. The van der Waals surface area contributed by atoms with Crippen LogP contribution < -0.4 is 10.6 Å². The van der Waals surface area contributed by atoms with Gasteiger partial charge in [0.1, 0.15) is 5.70 Å². The molecule has 2 fully saturated rings. The number of carbonyl (C=O) groups is 1. The average molecular weight is 445 g/mol. The van der Waals surface area contributed by atoms with Crippen LogP contribution in [-0.2, 0) is 11.2 Å². The number of nitrogens with zero attached hydrogens (tertiary/aromatic N) is 2. The molecular weight excluding hydrogens is 408 g/mol. The summed E-state index contributed by atoms with van der Waals surface area (Å²) in [5.41, 5.74) is 4.28. The summed E-state index contributed by atoms with van der Waals surface area (Å²) in [6.07, 6.45) is 5.93. The fourth-order valence-electron chi connectivity index (χ4n) is 5.84. The zero-order valence-corrected chi connectivity index (χ0v) is 19.7. The number of rotatable bonds is 5. The van der Waals surface area contributed by atoms with Crippen molar-refractivity contribution in [3.8, 4) is 0 Å². The van der Waals surface area contributed by atoms with Crippen LogP contribution in [0.3, 0.4) is 0 Å². The van der Waals surface area contributed by atoms with Gasteiger partial charge in [0.05, 0.1) is 12.4 Å². The highest BCUT2D eigenvalue weighted by Gasteiger charge is 2.38. The predicted molar refractivity (Wildman–Crippen MR) is 133 cm³/mol. The van der Waals surface area contributed by atoms with E-state index in [1.54, 1.807) is 0 Å². The van der Waals surface area contributed by atoms with E-state index in [1.807, 2.05) is 12.1 Å². The molecule has 0 radical (unpaired) electrons. The second kappa shape index (κ2) is 10.0. The molecule has 1 aliphatic carbocycles. The molecule has 1 saturated heterocycles. The molecule has 0 bridgehead atoms. The number of amides is 1. The van der Waals surface area contributed by atoms with Gasteiger partial charge in [0.15, 0.2) is 0 Å². The van der Waals surface area contributed by atoms with Crippen molar-refractivity contribution in [3.05, 3.63) is 77.5 Å². The summed E-state index contributed by atoms with van der Waals surface area (Å²) in [5, 5.41) is 7.05. The maximum absolute atomic E-state index is 14.0. The molecule has 5 heteroatoms. The number of nitrogens with one attached hydrogen (secondary N) is 2. The van der Waals surface area contributed by atoms with Gasteiger partial charge in [-0.3, -0.25) is 4.79 Å². The minimum atomic E-state index is 0.141. The highest BCUT2D eigenvalue weighted by atomic mass is 16.2. The number of piperazine rings is 1. The second-order valence-corrected chi connectivity index (χ2v) is 9.77. The fraction of sp³-hybridized carbons (Fsp3) is 0.464. The van der Waals surface area contributed by atoms with Gasteiger partial charge >= 0.3 is 0 Å². The Hall–Kier alpha value is -2.79. The first-order valence-electron chi connectivity index (χ1n) is 12.6. The van der Waals surface area contributed by atoms with E-state index in [-0.39, 0.29) is 11.9 Å². The summed E-state index contributed by atoms with van der Waals surface area (Å²) in [6.45, 7) is 5.50. The Morgan fingerprint density at radius 2 is 1.73 bits per heavy atom. The lowest BCUT2D eigenvalue weighted by molar-refractivity contribution is -0.130. The van der Waals surface area contributed by atoms with E-state index in [2.05, 4.69) is 75.9 Å². The largest absolute Gasteiger partial charge is 0.362 e. The quantitative estimate of drug-likeness (QED) is 0.736. The van der Waals surface area contributed by atoms with Crippen LogP contribution in [-0.4, -0.2) is 54.1 Å². The minimum absolute atomic E-state index is 0.141. The van der Waals surface area contributed by atoms with Crippen LogP contribution in [0.2, 0.25) is 0 Å². The lowest BCUT2D eigenvalue weighted by Crippen LogP contribution is -2.55. The fourth-order valence-corrected chi connectivity index (χ4v) is 5.84. The van der Waals surface area contributed by atoms with E-state index in [1.165, 1.54) is 31.2 Å². The van der Waals surface area contributed by atoms with Gasteiger partial charge in [-0.25, -0.2) is 0 Å². The zero-order valence-electron chi connectivity index (χ0n) is 19.7. The summed E-state index contributed by atoms with van der Waals surface area (Å²) in [4.78, 5) is 18.6. The first-order valence-corrected chi connectivity index (χ1v) is 12.6. The maximum atomic E-state index is 14.0. The van der Waals surface area contributed by atoms with Gasteiger partial charge in [0, 0.05) is 37.3 Å². The monoisotopic (exact) mass is 444 g/mol. The lowest BCUT2D eigenvalue weighted by Gasteiger charge is -2.39. The Kier molecular flexibility index (Phi) is 6.68. The molecule has 1 saturated carbocycles. The summed E-state index contributed by atoms with van der Waals surface area (Å²) in [6, 6.07) is 21.7. The van der Waals surface area contributed by atoms with Gasteiger partial charge in [-0.1, -0.05) is 80.4 Å². The molecule has 3 atom stereocenters. The van der Waals surface area contributed by atoms with Gasteiger partial charge in [0.2, 0.25) is 0 Å². The van der Waals surface area contributed by atoms with Gasteiger partial charge in [-0.05, 0) is 30.7 Å². The lowest BCUT2D eigenvalue weighted by atomic mass is 9.84. The van der Waals surface area contributed by atoms with E-state index >= 15 is 0 Å². The highest BCUT2D eigenvalue weighted by Crippen LogP contribution is 2.36. The van der Waals surface area contributed by atoms with E-state index in [0.29, 0.717) is 12.0 Å². The van der Waals surface area contributed by atoms with Crippen LogP contribution in [0.5, 0.6) is 0 Å². The van der Waals surface area contributed by atoms with Crippen molar-refractivity contribution in [1.29, 1.82) is 0 Å². The number of carbonyl (C=O) groups excluding carboxylic acids is 1. The van der Waals surface area contributed by atoms with Gasteiger partial charge in [0.25, 0.3) is 5.91 Å². The molecule has 5 rings (SSSR count). The summed E-state index contributed by atoms with van der Waals surface area (Å²) in [5.74, 6) is 0.779. The summed E-state index contributed by atoms with van der Waals surface area (Å²) >= 11 is 0. The third-order valence-electron chi connectivity index (χ3n) is 7.60. The van der Waals surface area contributed by atoms with E-state index in [9.17, 15) is 4.79 Å². The van der Waals surface area contributed by atoms with Gasteiger partial charge < -0.3 is 20.4 Å². The number of benzene rings is 2. The average Bonchev–Trinajstić information content (AvgIpc) is 3.30. The molecule has 0 spiro atoms. The molecule has 0 aromatic heterocycles. The SMILES string of the molecule is CC1CCCC[C@H]1N1CNC(C(=O)N2CCNC[C@H]2Cc2ccccc2)=C1c1ccccc1. The molecule has 2 aromatic carbocycles. The third-order valence-corrected chi connectivity index (χ3v) is 7.60. The molecule has 33 heavy (non-hydrogen) atoms.